The predicted molar refractivity (Wildman–Crippen MR) is 132 cm³/mol. The maximum Gasteiger partial charge on any atom is 0.409 e. The predicted octanol–water partition coefficient (Wildman–Crippen LogP) is 2.82. The molecule has 2 rings (SSSR count). The monoisotopic (exact) mass is 547 g/mol. The van der Waals surface area contributed by atoms with Crippen LogP contribution in [0.25, 0.3) is 0 Å². The molecule has 1 aliphatic rings. The third kappa shape index (κ3) is 10.1. The van der Waals surface area contributed by atoms with Crippen LogP contribution < -0.4 is 20.7 Å². The summed E-state index contributed by atoms with van der Waals surface area (Å²) in [5.74, 6) is 1.30. The molecular formula is C21H34IN5O4. The molecule has 0 radical (unpaired) electrons. The Morgan fingerprint density at radius 1 is 1.23 bits per heavy atom. The molecule has 1 saturated heterocycles. The van der Waals surface area contributed by atoms with Crippen LogP contribution in [0.2, 0.25) is 0 Å². The second-order valence-corrected chi connectivity index (χ2v) is 6.92. The minimum Gasteiger partial charge on any atom is -0.492 e. The summed E-state index contributed by atoms with van der Waals surface area (Å²) in [5, 5.41) is 9.41. The van der Waals surface area contributed by atoms with Gasteiger partial charge < -0.3 is 30.3 Å². The van der Waals surface area contributed by atoms with Crippen LogP contribution in [0.5, 0.6) is 5.75 Å². The number of hydrogen-bond acceptors (Lipinski definition) is 5. The smallest absolute Gasteiger partial charge is 0.409 e. The molecule has 0 aliphatic carbocycles. The maximum absolute atomic E-state index is 11.8. The zero-order valence-electron chi connectivity index (χ0n) is 18.5. The second kappa shape index (κ2) is 14.7. The highest BCUT2D eigenvalue weighted by molar-refractivity contribution is 14.0. The summed E-state index contributed by atoms with van der Waals surface area (Å²) < 4.78 is 10.8. The van der Waals surface area contributed by atoms with E-state index in [9.17, 15) is 9.59 Å². The van der Waals surface area contributed by atoms with E-state index in [4.69, 9.17) is 9.47 Å². The number of carbonyl (C=O) groups is 2. The van der Waals surface area contributed by atoms with Gasteiger partial charge in [0.25, 0.3) is 0 Å². The molecule has 1 heterocycles. The van der Waals surface area contributed by atoms with Crippen molar-refractivity contribution in [2.45, 2.75) is 39.7 Å². The molecule has 1 aromatic rings. The quantitative estimate of drug-likeness (QED) is 0.200. The summed E-state index contributed by atoms with van der Waals surface area (Å²) in [6, 6.07) is 7.52. The number of halogens is 1. The lowest BCUT2D eigenvalue weighted by molar-refractivity contribution is -0.114. The molecule has 0 saturated carbocycles. The minimum absolute atomic E-state index is 0. The van der Waals surface area contributed by atoms with E-state index in [-0.39, 0.29) is 42.0 Å². The van der Waals surface area contributed by atoms with Crippen LogP contribution in [0.15, 0.2) is 29.3 Å². The lowest BCUT2D eigenvalue weighted by Gasteiger charge is -2.32. The fourth-order valence-electron chi connectivity index (χ4n) is 3.12. The average molecular weight is 547 g/mol. The van der Waals surface area contributed by atoms with Crippen molar-refractivity contribution in [2.75, 3.05) is 44.7 Å². The number of hydrogen-bond donors (Lipinski definition) is 3. The summed E-state index contributed by atoms with van der Waals surface area (Å²) in [4.78, 5) is 29.3. The number of ether oxygens (including phenoxy) is 2. The number of rotatable bonds is 8. The van der Waals surface area contributed by atoms with Crippen molar-refractivity contribution in [3.8, 4) is 5.75 Å². The first-order valence-corrected chi connectivity index (χ1v) is 10.5. The number of aliphatic imine (C=N–C) groups is 1. The molecule has 2 amide bonds. The van der Waals surface area contributed by atoms with E-state index >= 15 is 0 Å². The topological polar surface area (TPSA) is 104 Å². The third-order valence-corrected chi connectivity index (χ3v) is 4.49. The van der Waals surface area contributed by atoms with E-state index < -0.39 is 0 Å². The fraction of sp³-hybridized carbons (Fsp3) is 0.571. The molecule has 10 heteroatoms. The second-order valence-electron chi connectivity index (χ2n) is 6.92. The summed E-state index contributed by atoms with van der Waals surface area (Å²) >= 11 is 0. The Balaban J connectivity index is 0.00000480. The van der Waals surface area contributed by atoms with Crippen LogP contribution in [0, 0.1) is 0 Å². The Hall–Kier alpha value is -2.24. The van der Waals surface area contributed by atoms with Crippen LogP contribution in [0.1, 0.15) is 33.6 Å². The van der Waals surface area contributed by atoms with E-state index in [0.717, 1.165) is 25.3 Å². The highest BCUT2D eigenvalue weighted by Gasteiger charge is 2.23. The van der Waals surface area contributed by atoms with E-state index in [1.807, 2.05) is 32.0 Å². The summed E-state index contributed by atoms with van der Waals surface area (Å²) in [6.45, 7) is 8.70. The molecule has 0 atom stereocenters. The molecule has 1 aliphatic heterocycles. The van der Waals surface area contributed by atoms with Crippen LogP contribution >= 0.6 is 24.0 Å². The van der Waals surface area contributed by atoms with Crippen molar-refractivity contribution in [1.82, 2.24) is 15.5 Å². The Bertz CT molecular complexity index is 723. The molecule has 0 aromatic heterocycles. The molecule has 3 N–H and O–H groups in total. The summed E-state index contributed by atoms with van der Waals surface area (Å²) in [6.07, 6.45) is 1.45. The number of amides is 2. The van der Waals surface area contributed by atoms with Gasteiger partial charge in [-0.25, -0.2) is 9.79 Å². The number of anilines is 1. The van der Waals surface area contributed by atoms with Gasteiger partial charge in [-0.3, -0.25) is 4.79 Å². The van der Waals surface area contributed by atoms with Crippen molar-refractivity contribution in [3.63, 3.8) is 0 Å². The van der Waals surface area contributed by atoms with Gasteiger partial charge in [-0.2, -0.15) is 0 Å². The Labute approximate surface area is 201 Å². The van der Waals surface area contributed by atoms with Crippen LogP contribution in [0.3, 0.4) is 0 Å². The van der Waals surface area contributed by atoms with Crippen molar-refractivity contribution < 1.29 is 19.1 Å². The zero-order valence-corrected chi connectivity index (χ0v) is 20.8. The summed E-state index contributed by atoms with van der Waals surface area (Å²) in [7, 11) is 0. The molecule has 31 heavy (non-hydrogen) atoms. The van der Waals surface area contributed by atoms with E-state index in [0.29, 0.717) is 44.3 Å². The third-order valence-electron chi connectivity index (χ3n) is 4.49. The highest BCUT2D eigenvalue weighted by Crippen LogP contribution is 2.17. The fourth-order valence-corrected chi connectivity index (χ4v) is 3.12. The number of nitrogens with zero attached hydrogens (tertiary/aromatic N) is 2. The molecule has 0 spiro atoms. The number of piperidine rings is 1. The van der Waals surface area contributed by atoms with E-state index in [1.165, 1.54) is 6.92 Å². The number of carbonyl (C=O) groups excluding carboxylic acids is 2. The van der Waals surface area contributed by atoms with Gasteiger partial charge in [0.2, 0.25) is 5.91 Å². The maximum atomic E-state index is 11.8. The van der Waals surface area contributed by atoms with Crippen LogP contribution in [0.4, 0.5) is 10.5 Å². The zero-order chi connectivity index (χ0) is 21.8. The SMILES string of the molecule is CCNC(=NCCOc1cccc(NC(C)=O)c1)NC1CCN(C(=O)OCC)CC1.I. The van der Waals surface area contributed by atoms with Crippen LogP contribution in [-0.2, 0) is 9.53 Å². The Kier molecular flexibility index (Phi) is 12.7. The summed E-state index contributed by atoms with van der Waals surface area (Å²) in [5.41, 5.74) is 0.702. The first kappa shape index (κ1) is 26.8. The van der Waals surface area contributed by atoms with Gasteiger partial charge in [0.15, 0.2) is 5.96 Å². The largest absolute Gasteiger partial charge is 0.492 e. The molecule has 0 bridgehead atoms. The normalized spacial score (nSPS) is 14.3. The molecule has 9 nitrogen and oxygen atoms in total. The standard InChI is InChI=1S/C21H33N5O4.HI/c1-4-22-20(25-17-9-12-26(13-10-17)21(28)29-5-2)23-11-14-30-19-8-6-7-18(15-19)24-16(3)27;/h6-8,15,17H,4-5,9-14H2,1-3H3,(H,24,27)(H2,22,23,25);1H. The van der Waals surface area contributed by atoms with Gasteiger partial charge in [0, 0.05) is 44.4 Å². The number of likely N-dealkylation sites (tertiary alicyclic amines) is 1. The van der Waals surface area contributed by atoms with Gasteiger partial charge in [-0.05, 0) is 38.8 Å². The van der Waals surface area contributed by atoms with E-state index in [2.05, 4.69) is 20.9 Å². The van der Waals surface area contributed by atoms with Crippen molar-refractivity contribution in [1.29, 1.82) is 0 Å². The lowest BCUT2D eigenvalue weighted by Crippen LogP contribution is -2.50. The lowest BCUT2D eigenvalue weighted by atomic mass is 10.1. The minimum atomic E-state index is -0.240. The van der Waals surface area contributed by atoms with Gasteiger partial charge >= 0.3 is 6.09 Å². The first-order chi connectivity index (χ1) is 14.5. The van der Waals surface area contributed by atoms with Gasteiger partial charge in [0.1, 0.15) is 12.4 Å². The van der Waals surface area contributed by atoms with Gasteiger partial charge in [0.05, 0.1) is 13.2 Å². The Morgan fingerprint density at radius 3 is 2.61 bits per heavy atom. The van der Waals surface area contributed by atoms with Crippen molar-refractivity contribution in [2.24, 2.45) is 4.99 Å². The molecule has 1 fully saturated rings. The van der Waals surface area contributed by atoms with Gasteiger partial charge in [-0.1, -0.05) is 6.07 Å². The molecule has 0 unspecified atom stereocenters. The van der Waals surface area contributed by atoms with E-state index in [1.54, 1.807) is 11.0 Å². The average Bonchev–Trinajstić information content (AvgIpc) is 2.72. The highest BCUT2D eigenvalue weighted by atomic mass is 127. The van der Waals surface area contributed by atoms with Crippen LogP contribution in [-0.4, -0.2) is 68.3 Å². The Morgan fingerprint density at radius 2 is 1.97 bits per heavy atom. The number of benzene rings is 1. The number of nitrogens with one attached hydrogen (secondary N) is 3. The molecular weight excluding hydrogens is 513 g/mol. The van der Waals surface area contributed by atoms with Crippen molar-refractivity contribution >= 4 is 47.6 Å². The molecule has 1 aromatic carbocycles. The van der Waals surface area contributed by atoms with Gasteiger partial charge in [-0.15, -0.1) is 24.0 Å². The molecule has 174 valence electrons. The first-order valence-electron chi connectivity index (χ1n) is 10.5. The number of guanidine groups is 1. The van der Waals surface area contributed by atoms with Crippen molar-refractivity contribution in [3.05, 3.63) is 24.3 Å².